The van der Waals surface area contributed by atoms with E-state index in [1.165, 1.54) is 0 Å². The van der Waals surface area contributed by atoms with Crippen LogP contribution in [0.3, 0.4) is 0 Å². The predicted molar refractivity (Wildman–Crippen MR) is 64.3 cm³/mol. The predicted octanol–water partition coefficient (Wildman–Crippen LogP) is 3.72. The van der Waals surface area contributed by atoms with Crippen molar-refractivity contribution in [3.05, 3.63) is 33.1 Å². The lowest BCUT2D eigenvalue weighted by molar-refractivity contribution is 0.950. The summed E-state index contributed by atoms with van der Waals surface area (Å²) in [6.07, 6.45) is 0.843. The zero-order valence-electron chi connectivity index (χ0n) is 7.59. The summed E-state index contributed by atoms with van der Waals surface area (Å²) in [7, 11) is 0. The average Bonchev–Trinajstić information content (AvgIpc) is 2.19. The maximum Gasteiger partial charge on any atom is 0.130 e. The van der Waals surface area contributed by atoms with E-state index in [4.69, 9.17) is 0 Å². The van der Waals surface area contributed by atoms with E-state index in [1.807, 2.05) is 25.1 Å². The van der Waals surface area contributed by atoms with Gasteiger partial charge in [0.2, 0.25) is 0 Å². The number of nitrogens with zero attached hydrogens (tertiary/aromatic N) is 2. The minimum absolute atomic E-state index is 0.843. The summed E-state index contributed by atoms with van der Waals surface area (Å²) in [6.45, 7) is 2.05. The molecule has 2 rings (SSSR count). The van der Waals surface area contributed by atoms with Gasteiger partial charge in [-0.1, -0.05) is 13.0 Å². The van der Waals surface area contributed by atoms with Gasteiger partial charge < -0.3 is 0 Å². The lowest BCUT2D eigenvalue weighted by atomic mass is 10.2. The Morgan fingerprint density at radius 3 is 2.71 bits per heavy atom. The molecule has 1 heterocycles. The van der Waals surface area contributed by atoms with Crippen molar-refractivity contribution in [2.45, 2.75) is 13.3 Å². The van der Waals surface area contributed by atoms with Crippen molar-refractivity contribution in [2.24, 2.45) is 0 Å². The van der Waals surface area contributed by atoms with E-state index < -0.39 is 0 Å². The summed E-state index contributed by atoms with van der Waals surface area (Å²) in [4.78, 5) is 8.81. The van der Waals surface area contributed by atoms with Crippen LogP contribution >= 0.6 is 31.9 Å². The minimum Gasteiger partial charge on any atom is -0.232 e. The standard InChI is InChI=1S/C10H8Br2N2/c1-2-8-13-9-6(10(12)14-8)4-3-5-7(9)11/h3-5H,2H2,1H3. The Balaban J connectivity index is 2.83. The molecule has 4 heteroatoms. The Hall–Kier alpha value is -0.480. The maximum absolute atomic E-state index is 4.47. The van der Waals surface area contributed by atoms with Crippen LogP contribution in [-0.2, 0) is 6.42 Å². The third-order valence-electron chi connectivity index (χ3n) is 1.99. The van der Waals surface area contributed by atoms with Gasteiger partial charge in [-0.2, -0.15) is 0 Å². The highest BCUT2D eigenvalue weighted by Crippen LogP contribution is 2.26. The second-order valence-corrected chi connectivity index (χ2v) is 4.53. The largest absolute Gasteiger partial charge is 0.232 e. The molecule has 0 radical (unpaired) electrons. The molecule has 2 aromatic rings. The highest BCUT2D eigenvalue weighted by Gasteiger charge is 2.06. The SMILES string of the molecule is CCc1nc(Br)c2cccc(Br)c2n1. The summed E-state index contributed by atoms with van der Waals surface area (Å²) >= 11 is 6.93. The first kappa shape index (κ1) is 10.1. The maximum atomic E-state index is 4.47. The zero-order valence-corrected chi connectivity index (χ0v) is 10.8. The third kappa shape index (κ3) is 1.68. The molecular formula is C10H8Br2N2. The van der Waals surface area contributed by atoms with Crippen LogP contribution in [0, 0.1) is 0 Å². The third-order valence-corrected chi connectivity index (χ3v) is 3.24. The Morgan fingerprint density at radius 2 is 2.00 bits per heavy atom. The van der Waals surface area contributed by atoms with E-state index in [2.05, 4.69) is 41.8 Å². The fraction of sp³-hybridized carbons (Fsp3) is 0.200. The highest BCUT2D eigenvalue weighted by molar-refractivity contribution is 9.11. The van der Waals surface area contributed by atoms with Gasteiger partial charge in [0.05, 0.1) is 5.52 Å². The van der Waals surface area contributed by atoms with Gasteiger partial charge in [0.1, 0.15) is 10.4 Å². The van der Waals surface area contributed by atoms with Crippen molar-refractivity contribution in [3.63, 3.8) is 0 Å². The molecule has 14 heavy (non-hydrogen) atoms. The van der Waals surface area contributed by atoms with Crippen LogP contribution < -0.4 is 0 Å². The molecule has 0 unspecified atom stereocenters. The molecule has 0 fully saturated rings. The van der Waals surface area contributed by atoms with E-state index in [9.17, 15) is 0 Å². The molecule has 2 nitrogen and oxygen atoms in total. The van der Waals surface area contributed by atoms with Crippen molar-refractivity contribution in [1.29, 1.82) is 0 Å². The number of rotatable bonds is 1. The molecular weight excluding hydrogens is 308 g/mol. The Kier molecular flexibility index (Phi) is 2.83. The van der Waals surface area contributed by atoms with E-state index in [-0.39, 0.29) is 0 Å². The Morgan fingerprint density at radius 1 is 1.21 bits per heavy atom. The lowest BCUT2D eigenvalue weighted by Crippen LogP contribution is -1.94. The van der Waals surface area contributed by atoms with Gasteiger partial charge in [-0.15, -0.1) is 0 Å². The van der Waals surface area contributed by atoms with Gasteiger partial charge in [0.15, 0.2) is 0 Å². The summed E-state index contributed by atoms with van der Waals surface area (Å²) in [5.74, 6) is 0.858. The fourth-order valence-electron chi connectivity index (χ4n) is 1.28. The zero-order chi connectivity index (χ0) is 10.1. The molecule has 0 amide bonds. The van der Waals surface area contributed by atoms with Gasteiger partial charge >= 0.3 is 0 Å². The number of halogens is 2. The van der Waals surface area contributed by atoms with Crippen molar-refractivity contribution in [2.75, 3.05) is 0 Å². The highest BCUT2D eigenvalue weighted by atomic mass is 79.9. The van der Waals surface area contributed by atoms with Crippen molar-refractivity contribution in [1.82, 2.24) is 9.97 Å². The van der Waals surface area contributed by atoms with Gasteiger partial charge in [0, 0.05) is 16.3 Å². The summed E-state index contributed by atoms with van der Waals surface area (Å²) in [6, 6.07) is 5.97. The van der Waals surface area contributed by atoms with E-state index in [1.54, 1.807) is 0 Å². The fourth-order valence-corrected chi connectivity index (χ4v) is 2.26. The minimum atomic E-state index is 0.843. The number of fused-ring (bicyclic) bond motifs is 1. The van der Waals surface area contributed by atoms with Crippen LogP contribution in [-0.4, -0.2) is 9.97 Å². The number of hydrogen-bond donors (Lipinski definition) is 0. The van der Waals surface area contributed by atoms with Crippen LogP contribution in [0.5, 0.6) is 0 Å². The van der Waals surface area contributed by atoms with Crippen LogP contribution in [0.2, 0.25) is 0 Å². The second kappa shape index (κ2) is 3.95. The van der Waals surface area contributed by atoms with Crippen molar-refractivity contribution >= 4 is 42.8 Å². The molecule has 1 aromatic heterocycles. The molecule has 0 bridgehead atoms. The molecule has 0 aliphatic carbocycles. The first-order valence-corrected chi connectivity index (χ1v) is 5.91. The van der Waals surface area contributed by atoms with E-state index in [0.29, 0.717) is 0 Å². The molecule has 0 N–H and O–H groups in total. The van der Waals surface area contributed by atoms with Crippen LogP contribution in [0.15, 0.2) is 27.3 Å². The topological polar surface area (TPSA) is 25.8 Å². The van der Waals surface area contributed by atoms with Gasteiger partial charge in [0.25, 0.3) is 0 Å². The number of aromatic nitrogens is 2. The second-order valence-electron chi connectivity index (χ2n) is 2.92. The molecule has 1 aromatic carbocycles. The lowest BCUT2D eigenvalue weighted by Gasteiger charge is -2.03. The molecule has 0 aliphatic heterocycles. The summed E-state index contributed by atoms with van der Waals surface area (Å²) in [5.41, 5.74) is 0.964. The van der Waals surface area contributed by atoms with Gasteiger partial charge in [-0.05, 0) is 44.0 Å². The summed E-state index contributed by atoms with van der Waals surface area (Å²) < 4.78 is 1.87. The van der Waals surface area contributed by atoms with Gasteiger partial charge in [-0.3, -0.25) is 0 Å². The molecule has 72 valence electrons. The number of para-hydroxylation sites is 1. The molecule has 0 saturated heterocycles. The Labute approximate surface area is 99.0 Å². The summed E-state index contributed by atoms with van der Waals surface area (Å²) in [5, 5.41) is 1.04. The molecule has 0 saturated carbocycles. The first-order valence-electron chi connectivity index (χ1n) is 4.33. The smallest absolute Gasteiger partial charge is 0.130 e. The van der Waals surface area contributed by atoms with Crippen molar-refractivity contribution < 1.29 is 0 Å². The molecule has 0 aliphatic rings. The molecule has 0 spiro atoms. The normalized spacial score (nSPS) is 10.8. The van der Waals surface area contributed by atoms with Crippen LogP contribution in [0.25, 0.3) is 10.9 Å². The first-order chi connectivity index (χ1) is 6.72. The Bertz CT molecular complexity index is 483. The van der Waals surface area contributed by atoms with E-state index in [0.717, 1.165) is 32.2 Å². The quantitative estimate of drug-likeness (QED) is 0.750. The van der Waals surface area contributed by atoms with Gasteiger partial charge in [-0.25, -0.2) is 9.97 Å². The monoisotopic (exact) mass is 314 g/mol. The van der Waals surface area contributed by atoms with E-state index >= 15 is 0 Å². The number of benzene rings is 1. The average molecular weight is 316 g/mol. The van der Waals surface area contributed by atoms with Crippen LogP contribution in [0.4, 0.5) is 0 Å². The molecule has 0 atom stereocenters. The van der Waals surface area contributed by atoms with Crippen molar-refractivity contribution in [3.8, 4) is 0 Å². The van der Waals surface area contributed by atoms with Crippen LogP contribution in [0.1, 0.15) is 12.7 Å². The number of hydrogen-bond acceptors (Lipinski definition) is 2. The number of aryl methyl sites for hydroxylation is 1.